The Hall–Kier alpha value is -1.94. The van der Waals surface area contributed by atoms with E-state index in [1.165, 1.54) is 0 Å². The van der Waals surface area contributed by atoms with Crippen LogP contribution in [0, 0.1) is 0 Å². The second-order valence-electron chi connectivity index (χ2n) is 4.08. The predicted octanol–water partition coefficient (Wildman–Crippen LogP) is 4.30. The van der Waals surface area contributed by atoms with Crippen LogP contribution >= 0.6 is 15.9 Å². The van der Waals surface area contributed by atoms with Gasteiger partial charge in [-0.3, -0.25) is 0 Å². The average Bonchev–Trinajstić information content (AvgIpc) is 2.98. The van der Waals surface area contributed by atoms with Crippen LogP contribution in [-0.4, -0.2) is 10.1 Å². The highest BCUT2D eigenvalue weighted by Gasteiger charge is 2.12. The Kier molecular flexibility index (Phi) is 3.42. The molecule has 1 aromatic heterocycles. The summed E-state index contributed by atoms with van der Waals surface area (Å²) in [5.74, 6) is 1.16. The minimum absolute atomic E-state index is 0.550. The first-order valence-electron chi connectivity index (χ1n) is 5.92. The van der Waals surface area contributed by atoms with E-state index in [1.54, 1.807) is 0 Å². The van der Waals surface area contributed by atoms with Crippen LogP contribution in [0.25, 0.3) is 22.8 Å². The van der Waals surface area contributed by atoms with Crippen LogP contribution in [-0.2, 0) is 5.33 Å². The van der Waals surface area contributed by atoms with Gasteiger partial charge in [-0.15, -0.1) is 0 Å². The maximum atomic E-state index is 5.37. The lowest BCUT2D eigenvalue weighted by Gasteiger charge is -2.00. The molecule has 0 atom stereocenters. The predicted molar refractivity (Wildman–Crippen MR) is 77.8 cm³/mol. The molecule has 0 spiro atoms. The lowest BCUT2D eigenvalue weighted by Crippen LogP contribution is -1.86. The van der Waals surface area contributed by atoms with E-state index in [-0.39, 0.29) is 0 Å². The van der Waals surface area contributed by atoms with Gasteiger partial charge in [-0.05, 0) is 11.6 Å². The van der Waals surface area contributed by atoms with E-state index in [1.807, 2.05) is 54.6 Å². The zero-order valence-corrected chi connectivity index (χ0v) is 11.7. The Labute approximate surface area is 119 Å². The molecule has 0 aliphatic carbocycles. The minimum atomic E-state index is 0.550. The van der Waals surface area contributed by atoms with E-state index in [4.69, 9.17) is 4.52 Å². The molecule has 0 aliphatic heterocycles. The van der Waals surface area contributed by atoms with Crippen molar-refractivity contribution in [3.63, 3.8) is 0 Å². The molecule has 19 heavy (non-hydrogen) atoms. The van der Waals surface area contributed by atoms with E-state index in [0.717, 1.165) is 22.0 Å². The van der Waals surface area contributed by atoms with Crippen LogP contribution in [0.4, 0.5) is 0 Å². The van der Waals surface area contributed by atoms with E-state index in [2.05, 4.69) is 26.1 Å². The highest BCUT2D eigenvalue weighted by molar-refractivity contribution is 9.08. The molecule has 0 N–H and O–H groups in total. The average molecular weight is 315 g/mol. The standard InChI is InChI=1S/C15H11BrN2O/c16-10-12-8-4-5-9-13(12)15-17-14(18-19-15)11-6-2-1-3-7-11/h1-9H,10H2. The van der Waals surface area contributed by atoms with Crippen molar-refractivity contribution in [1.29, 1.82) is 0 Å². The monoisotopic (exact) mass is 314 g/mol. The van der Waals surface area contributed by atoms with Gasteiger partial charge in [0.05, 0.1) is 0 Å². The van der Waals surface area contributed by atoms with Gasteiger partial charge in [-0.25, -0.2) is 0 Å². The molecule has 2 aromatic carbocycles. The molecule has 0 amide bonds. The number of hydrogen-bond acceptors (Lipinski definition) is 3. The van der Waals surface area contributed by atoms with Crippen LogP contribution < -0.4 is 0 Å². The van der Waals surface area contributed by atoms with E-state index >= 15 is 0 Å². The third kappa shape index (κ3) is 2.44. The van der Waals surface area contributed by atoms with Gasteiger partial charge >= 0.3 is 0 Å². The second-order valence-corrected chi connectivity index (χ2v) is 4.64. The fourth-order valence-corrected chi connectivity index (χ4v) is 2.37. The van der Waals surface area contributed by atoms with E-state index < -0.39 is 0 Å². The van der Waals surface area contributed by atoms with Gasteiger partial charge in [-0.2, -0.15) is 4.98 Å². The Morgan fingerprint density at radius 1 is 0.947 bits per heavy atom. The summed E-state index contributed by atoms with van der Waals surface area (Å²) in [5, 5.41) is 4.79. The molecule has 0 radical (unpaired) electrons. The van der Waals surface area contributed by atoms with Gasteiger partial charge < -0.3 is 4.52 Å². The first kappa shape index (κ1) is 12.1. The number of alkyl halides is 1. The molecule has 4 heteroatoms. The van der Waals surface area contributed by atoms with Gasteiger partial charge in [0.15, 0.2) is 0 Å². The summed E-state index contributed by atoms with van der Waals surface area (Å²) in [6.07, 6.45) is 0. The molecule has 1 heterocycles. The van der Waals surface area contributed by atoms with E-state index in [0.29, 0.717) is 11.7 Å². The lowest BCUT2D eigenvalue weighted by molar-refractivity contribution is 0.432. The summed E-state index contributed by atoms with van der Waals surface area (Å²) >= 11 is 3.47. The summed E-state index contributed by atoms with van der Waals surface area (Å²) < 4.78 is 5.37. The molecule has 0 bridgehead atoms. The normalized spacial score (nSPS) is 10.6. The summed E-state index contributed by atoms with van der Waals surface area (Å²) in [5.41, 5.74) is 3.05. The molecular formula is C15H11BrN2O. The highest BCUT2D eigenvalue weighted by atomic mass is 79.9. The molecule has 0 fully saturated rings. The number of halogens is 1. The Bertz CT molecular complexity index is 679. The van der Waals surface area contributed by atoms with Crippen molar-refractivity contribution in [2.75, 3.05) is 0 Å². The van der Waals surface area contributed by atoms with Crippen molar-refractivity contribution >= 4 is 15.9 Å². The third-order valence-electron chi connectivity index (χ3n) is 2.85. The number of hydrogen-bond donors (Lipinski definition) is 0. The second kappa shape index (κ2) is 5.36. The number of rotatable bonds is 3. The van der Waals surface area contributed by atoms with Gasteiger partial charge in [0.2, 0.25) is 5.82 Å². The molecule has 0 aliphatic rings. The maximum absolute atomic E-state index is 5.37. The topological polar surface area (TPSA) is 38.9 Å². The summed E-state index contributed by atoms with van der Waals surface area (Å²) in [6, 6.07) is 17.8. The first-order chi connectivity index (χ1) is 9.38. The highest BCUT2D eigenvalue weighted by Crippen LogP contribution is 2.26. The first-order valence-corrected chi connectivity index (χ1v) is 7.04. The zero-order chi connectivity index (χ0) is 13.1. The summed E-state index contributed by atoms with van der Waals surface area (Å²) in [6.45, 7) is 0. The van der Waals surface area contributed by atoms with Crippen LogP contribution in [0.15, 0.2) is 59.1 Å². The molecule has 3 rings (SSSR count). The van der Waals surface area contributed by atoms with Crippen LogP contribution in [0.1, 0.15) is 5.56 Å². The summed E-state index contributed by atoms with van der Waals surface area (Å²) in [7, 11) is 0. The van der Waals surface area contributed by atoms with Crippen molar-refractivity contribution in [3.8, 4) is 22.8 Å². The Morgan fingerprint density at radius 3 is 2.47 bits per heavy atom. The summed E-state index contributed by atoms with van der Waals surface area (Å²) in [4.78, 5) is 4.46. The molecule has 3 nitrogen and oxygen atoms in total. The number of aromatic nitrogens is 2. The fourth-order valence-electron chi connectivity index (χ4n) is 1.88. The third-order valence-corrected chi connectivity index (χ3v) is 3.45. The van der Waals surface area contributed by atoms with Gasteiger partial charge in [0.1, 0.15) is 0 Å². The van der Waals surface area contributed by atoms with Crippen molar-refractivity contribution in [3.05, 3.63) is 60.2 Å². The smallest absolute Gasteiger partial charge is 0.258 e. The van der Waals surface area contributed by atoms with Crippen LogP contribution in [0.2, 0.25) is 0 Å². The SMILES string of the molecule is BrCc1ccccc1-c1nc(-c2ccccc2)no1. The fraction of sp³-hybridized carbons (Fsp3) is 0.0667. The minimum Gasteiger partial charge on any atom is -0.334 e. The molecule has 3 aromatic rings. The van der Waals surface area contributed by atoms with Crippen LogP contribution in [0.3, 0.4) is 0 Å². The molecule has 0 saturated heterocycles. The van der Waals surface area contributed by atoms with Crippen molar-refractivity contribution in [1.82, 2.24) is 10.1 Å². The molecule has 0 unspecified atom stereocenters. The van der Waals surface area contributed by atoms with Gasteiger partial charge in [0.25, 0.3) is 5.89 Å². The van der Waals surface area contributed by atoms with Crippen molar-refractivity contribution in [2.24, 2.45) is 0 Å². The number of nitrogens with zero attached hydrogens (tertiary/aromatic N) is 2. The largest absolute Gasteiger partial charge is 0.334 e. The van der Waals surface area contributed by atoms with Gasteiger partial charge in [0, 0.05) is 16.5 Å². The van der Waals surface area contributed by atoms with Crippen molar-refractivity contribution in [2.45, 2.75) is 5.33 Å². The van der Waals surface area contributed by atoms with E-state index in [9.17, 15) is 0 Å². The molecular weight excluding hydrogens is 304 g/mol. The number of benzene rings is 2. The molecule has 0 saturated carbocycles. The Morgan fingerprint density at radius 2 is 1.68 bits per heavy atom. The quantitative estimate of drug-likeness (QED) is 0.677. The van der Waals surface area contributed by atoms with Crippen molar-refractivity contribution < 1.29 is 4.52 Å². The zero-order valence-electron chi connectivity index (χ0n) is 10.1. The lowest BCUT2D eigenvalue weighted by atomic mass is 10.1. The van der Waals surface area contributed by atoms with Crippen LogP contribution in [0.5, 0.6) is 0 Å². The molecule has 94 valence electrons. The Balaban J connectivity index is 2.02. The van der Waals surface area contributed by atoms with Gasteiger partial charge in [-0.1, -0.05) is 69.6 Å². The maximum Gasteiger partial charge on any atom is 0.258 e.